The first-order valence-electron chi connectivity index (χ1n) is 5.29. The van der Waals surface area contributed by atoms with E-state index in [2.05, 4.69) is 36.1 Å². The lowest BCUT2D eigenvalue weighted by Gasteiger charge is -2.27. The molecule has 0 aliphatic carbocycles. The summed E-state index contributed by atoms with van der Waals surface area (Å²) >= 11 is 0. The number of aromatic nitrogens is 2. The average molecular weight is 207 g/mol. The van der Waals surface area contributed by atoms with Crippen molar-refractivity contribution >= 4 is 0 Å². The summed E-state index contributed by atoms with van der Waals surface area (Å²) in [4.78, 5) is 18.8. The average Bonchev–Trinajstić information content (AvgIpc) is 1.97. The Hall–Kier alpha value is -1.16. The molecule has 2 rings (SSSR count). The van der Waals surface area contributed by atoms with Crippen LogP contribution in [0.5, 0.6) is 0 Å². The molecule has 4 nitrogen and oxygen atoms in total. The smallest absolute Gasteiger partial charge is 0.251 e. The van der Waals surface area contributed by atoms with Crippen molar-refractivity contribution in [3.05, 3.63) is 27.9 Å². The van der Waals surface area contributed by atoms with E-state index in [0.717, 1.165) is 24.6 Å². The highest BCUT2D eigenvalue weighted by molar-refractivity contribution is 5.15. The number of aromatic amines is 1. The van der Waals surface area contributed by atoms with Crippen LogP contribution in [0.3, 0.4) is 0 Å². The normalized spacial score (nSPS) is 17.5. The molecule has 0 aromatic carbocycles. The standard InChI is InChI=1S/C11H17N3O/c1-11(2,3)8-4-9(15)14-10(13-8)7-5-12-6-7/h4,7,12H,5-6H2,1-3H3,(H,13,14,15). The zero-order chi connectivity index (χ0) is 11.1. The predicted molar refractivity (Wildman–Crippen MR) is 59.2 cm³/mol. The molecule has 1 aromatic rings. The second-order valence-corrected chi connectivity index (χ2v) is 5.12. The van der Waals surface area contributed by atoms with Crippen LogP contribution >= 0.6 is 0 Å². The fourth-order valence-electron chi connectivity index (χ4n) is 1.54. The van der Waals surface area contributed by atoms with Crippen LogP contribution in [0.1, 0.15) is 38.2 Å². The molecule has 0 saturated carbocycles. The Labute approximate surface area is 89.1 Å². The van der Waals surface area contributed by atoms with E-state index in [9.17, 15) is 4.79 Å². The van der Waals surface area contributed by atoms with Gasteiger partial charge in [-0.25, -0.2) is 4.98 Å². The fraction of sp³-hybridized carbons (Fsp3) is 0.636. The lowest BCUT2D eigenvalue weighted by Crippen LogP contribution is -2.42. The molecule has 0 radical (unpaired) electrons. The second kappa shape index (κ2) is 3.45. The molecule has 2 heterocycles. The topological polar surface area (TPSA) is 57.8 Å². The first-order valence-corrected chi connectivity index (χ1v) is 5.29. The molecule has 4 heteroatoms. The first kappa shape index (κ1) is 10.4. The largest absolute Gasteiger partial charge is 0.315 e. The highest BCUT2D eigenvalue weighted by atomic mass is 16.1. The molecule has 1 fully saturated rings. The summed E-state index contributed by atoms with van der Waals surface area (Å²) in [5.74, 6) is 1.20. The summed E-state index contributed by atoms with van der Waals surface area (Å²) in [6.45, 7) is 8.03. The molecule has 0 amide bonds. The van der Waals surface area contributed by atoms with Gasteiger partial charge in [-0.15, -0.1) is 0 Å². The van der Waals surface area contributed by atoms with E-state index in [1.165, 1.54) is 0 Å². The third-order valence-corrected chi connectivity index (χ3v) is 2.70. The van der Waals surface area contributed by atoms with Gasteiger partial charge in [-0.2, -0.15) is 0 Å². The van der Waals surface area contributed by atoms with E-state index in [0.29, 0.717) is 5.92 Å². The SMILES string of the molecule is CC(C)(C)c1cc(=O)[nH]c(C2CNC2)n1. The van der Waals surface area contributed by atoms with E-state index in [1.807, 2.05) is 0 Å². The van der Waals surface area contributed by atoms with Gasteiger partial charge in [-0.1, -0.05) is 20.8 Å². The van der Waals surface area contributed by atoms with Gasteiger partial charge < -0.3 is 10.3 Å². The van der Waals surface area contributed by atoms with Crippen LogP contribution in [0.4, 0.5) is 0 Å². The molecular formula is C11H17N3O. The lowest BCUT2D eigenvalue weighted by atomic mass is 9.91. The molecular weight excluding hydrogens is 190 g/mol. The third kappa shape index (κ3) is 2.09. The van der Waals surface area contributed by atoms with E-state index in [4.69, 9.17) is 0 Å². The van der Waals surface area contributed by atoms with Crippen molar-refractivity contribution in [1.82, 2.24) is 15.3 Å². The van der Waals surface area contributed by atoms with Crippen LogP contribution in [0, 0.1) is 0 Å². The van der Waals surface area contributed by atoms with Crippen LogP contribution < -0.4 is 10.9 Å². The quantitative estimate of drug-likeness (QED) is 0.714. The van der Waals surface area contributed by atoms with Crippen LogP contribution in [0.15, 0.2) is 10.9 Å². The Kier molecular flexibility index (Phi) is 2.38. The monoisotopic (exact) mass is 207 g/mol. The van der Waals surface area contributed by atoms with E-state index >= 15 is 0 Å². The van der Waals surface area contributed by atoms with Crippen LogP contribution in [0.25, 0.3) is 0 Å². The number of hydrogen-bond acceptors (Lipinski definition) is 3. The van der Waals surface area contributed by atoms with Gasteiger partial charge in [0.2, 0.25) is 0 Å². The zero-order valence-electron chi connectivity index (χ0n) is 9.42. The molecule has 0 bridgehead atoms. The van der Waals surface area contributed by atoms with Gasteiger partial charge in [0.05, 0.1) is 5.69 Å². The van der Waals surface area contributed by atoms with Crippen molar-refractivity contribution in [1.29, 1.82) is 0 Å². The van der Waals surface area contributed by atoms with Gasteiger partial charge in [0.1, 0.15) is 5.82 Å². The Balaban J connectivity index is 2.40. The number of H-pyrrole nitrogens is 1. The minimum absolute atomic E-state index is 0.0446. The summed E-state index contributed by atoms with van der Waals surface area (Å²) in [5.41, 5.74) is 0.755. The van der Waals surface area contributed by atoms with Gasteiger partial charge in [-0.05, 0) is 0 Å². The number of hydrogen-bond donors (Lipinski definition) is 2. The van der Waals surface area contributed by atoms with Gasteiger partial charge >= 0.3 is 0 Å². The van der Waals surface area contributed by atoms with Crippen LogP contribution in [-0.2, 0) is 5.41 Å². The molecule has 2 N–H and O–H groups in total. The first-order chi connectivity index (χ1) is 6.97. The highest BCUT2D eigenvalue weighted by Crippen LogP contribution is 2.21. The van der Waals surface area contributed by atoms with Crippen LogP contribution in [-0.4, -0.2) is 23.1 Å². The molecule has 1 aromatic heterocycles. The maximum atomic E-state index is 11.5. The number of nitrogens with one attached hydrogen (secondary N) is 2. The van der Waals surface area contributed by atoms with Crippen molar-refractivity contribution in [3.8, 4) is 0 Å². The van der Waals surface area contributed by atoms with Crippen LogP contribution in [0.2, 0.25) is 0 Å². The molecule has 0 unspecified atom stereocenters. The molecule has 0 atom stereocenters. The Morgan fingerprint density at radius 2 is 2.07 bits per heavy atom. The van der Waals surface area contributed by atoms with E-state index < -0.39 is 0 Å². The molecule has 1 aliphatic rings. The zero-order valence-corrected chi connectivity index (χ0v) is 9.42. The van der Waals surface area contributed by atoms with Crippen molar-refractivity contribution in [3.63, 3.8) is 0 Å². The second-order valence-electron chi connectivity index (χ2n) is 5.12. The maximum absolute atomic E-state index is 11.5. The number of nitrogens with zero attached hydrogens (tertiary/aromatic N) is 1. The Bertz CT molecular complexity index is 413. The minimum atomic E-state index is -0.0693. The summed E-state index contributed by atoms with van der Waals surface area (Å²) in [7, 11) is 0. The Morgan fingerprint density at radius 3 is 2.53 bits per heavy atom. The van der Waals surface area contributed by atoms with Crippen molar-refractivity contribution in [2.45, 2.75) is 32.1 Å². The van der Waals surface area contributed by atoms with Gasteiger partial charge in [0.25, 0.3) is 5.56 Å². The molecule has 1 saturated heterocycles. The lowest BCUT2D eigenvalue weighted by molar-refractivity contribution is 0.424. The maximum Gasteiger partial charge on any atom is 0.251 e. The summed E-state index contributed by atoms with van der Waals surface area (Å²) in [6, 6.07) is 1.59. The van der Waals surface area contributed by atoms with Crippen molar-refractivity contribution < 1.29 is 0 Å². The minimum Gasteiger partial charge on any atom is -0.315 e. The van der Waals surface area contributed by atoms with Gasteiger partial charge in [-0.3, -0.25) is 4.79 Å². The molecule has 82 valence electrons. The third-order valence-electron chi connectivity index (χ3n) is 2.70. The molecule has 1 aliphatic heterocycles. The van der Waals surface area contributed by atoms with Crippen molar-refractivity contribution in [2.75, 3.05) is 13.1 Å². The van der Waals surface area contributed by atoms with E-state index in [-0.39, 0.29) is 11.0 Å². The van der Waals surface area contributed by atoms with Crippen molar-refractivity contribution in [2.24, 2.45) is 0 Å². The highest BCUT2D eigenvalue weighted by Gasteiger charge is 2.24. The summed E-state index contributed by atoms with van der Waals surface area (Å²) < 4.78 is 0. The Morgan fingerprint density at radius 1 is 1.40 bits per heavy atom. The summed E-state index contributed by atoms with van der Waals surface area (Å²) in [5, 5.41) is 3.18. The summed E-state index contributed by atoms with van der Waals surface area (Å²) in [6.07, 6.45) is 0. The fourth-order valence-corrected chi connectivity index (χ4v) is 1.54. The van der Waals surface area contributed by atoms with Gasteiger partial charge in [0.15, 0.2) is 0 Å². The van der Waals surface area contributed by atoms with Gasteiger partial charge in [0, 0.05) is 30.5 Å². The van der Waals surface area contributed by atoms with E-state index in [1.54, 1.807) is 6.07 Å². The number of rotatable bonds is 1. The molecule has 15 heavy (non-hydrogen) atoms. The predicted octanol–water partition coefficient (Wildman–Crippen LogP) is 0.754. The molecule has 0 spiro atoms.